The second-order valence-corrected chi connectivity index (χ2v) is 4.40. The summed E-state index contributed by atoms with van der Waals surface area (Å²) in [7, 11) is 2.04. The third-order valence-electron chi connectivity index (χ3n) is 3.04. The van der Waals surface area contributed by atoms with E-state index in [1.165, 1.54) is 0 Å². The van der Waals surface area contributed by atoms with E-state index in [0.29, 0.717) is 19.5 Å². The van der Waals surface area contributed by atoms with Gasteiger partial charge in [0.1, 0.15) is 0 Å². The molecule has 0 atom stereocenters. The lowest BCUT2D eigenvalue weighted by Gasteiger charge is -2.14. The molecule has 18 heavy (non-hydrogen) atoms. The van der Waals surface area contributed by atoms with Gasteiger partial charge in [-0.2, -0.15) is 0 Å². The number of hydrogen-bond acceptors (Lipinski definition) is 3. The first kappa shape index (κ1) is 14.7. The Bertz CT molecular complexity index is 379. The number of rotatable bonds is 7. The molecule has 0 aliphatic rings. The molecule has 0 fully saturated rings. The Morgan fingerprint density at radius 1 is 1.33 bits per heavy atom. The van der Waals surface area contributed by atoms with Crippen molar-refractivity contribution in [3.63, 3.8) is 0 Å². The van der Waals surface area contributed by atoms with Gasteiger partial charge in [0.2, 0.25) is 5.91 Å². The quantitative estimate of drug-likeness (QED) is 0.750. The van der Waals surface area contributed by atoms with Gasteiger partial charge < -0.3 is 16.0 Å². The van der Waals surface area contributed by atoms with Gasteiger partial charge in [0, 0.05) is 19.6 Å². The zero-order valence-corrected chi connectivity index (χ0v) is 11.3. The third-order valence-corrected chi connectivity index (χ3v) is 3.04. The van der Waals surface area contributed by atoms with E-state index >= 15 is 0 Å². The van der Waals surface area contributed by atoms with E-state index in [2.05, 4.69) is 17.1 Å². The van der Waals surface area contributed by atoms with Crippen LogP contribution in [-0.4, -0.2) is 37.5 Å². The highest BCUT2D eigenvalue weighted by atomic mass is 16.1. The molecular formula is C14H23N3O. The molecule has 3 N–H and O–H groups in total. The van der Waals surface area contributed by atoms with Crippen LogP contribution in [0.2, 0.25) is 0 Å². The first-order valence-corrected chi connectivity index (χ1v) is 6.39. The number of likely N-dealkylation sites (N-methyl/N-ethyl adjacent to an activating group) is 1. The Morgan fingerprint density at radius 3 is 2.61 bits per heavy atom. The molecule has 0 aromatic heterocycles. The van der Waals surface area contributed by atoms with E-state index in [0.717, 1.165) is 24.2 Å². The maximum Gasteiger partial charge on any atom is 0.224 e. The number of amides is 1. The second kappa shape index (κ2) is 7.84. The number of benzene rings is 1. The van der Waals surface area contributed by atoms with Gasteiger partial charge in [0.15, 0.2) is 0 Å². The highest BCUT2D eigenvalue weighted by molar-refractivity contribution is 5.78. The number of nitrogens with two attached hydrogens (primary N) is 1. The fourth-order valence-corrected chi connectivity index (χ4v) is 1.71. The van der Waals surface area contributed by atoms with Crippen molar-refractivity contribution in [3.8, 4) is 0 Å². The molecule has 0 aliphatic carbocycles. The number of nitrogens with one attached hydrogen (secondary N) is 1. The standard InChI is InChI=1S/C14H23N3O/c1-3-17(2)9-8-16-14(18)10-12-6-4-5-7-13(12)11-15/h4-7H,3,8-11,15H2,1-2H3,(H,16,18). The van der Waals surface area contributed by atoms with Crippen LogP contribution in [0.15, 0.2) is 24.3 Å². The van der Waals surface area contributed by atoms with Crippen LogP contribution in [0.5, 0.6) is 0 Å². The molecule has 0 aliphatic heterocycles. The van der Waals surface area contributed by atoms with Gasteiger partial charge in [-0.25, -0.2) is 0 Å². The number of carbonyl (C=O) groups is 1. The maximum absolute atomic E-state index is 11.8. The summed E-state index contributed by atoms with van der Waals surface area (Å²) in [5.41, 5.74) is 7.70. The summed E-state index contributed by atoms with van der Waals surface area (Å²) in [6, 6.07) is 7.81. The Balaban J connectivity index is 2.40. The second-order valence-electron chi connectivity index (χ2n) is 4.40. The average molecular weight is 249 g/mol. The summed E-state index contributed by atoms with van der Waals surface area (Å²) in [6.45, 7) is 5.13. The lowest BCUT2D eigenvalue weighted by Crippen LogP contribution is -2.33. The molecule has 0 spiro atoms. The SMILES string of the molecule is CCN(C)CCNC(=O)Cc1ccccc1CN. The van der Waals surface area contributed by atoms with Gasteiger partial charge in [-0.05, 0) is 24.7 Å². The molecule has 0 saturated carbocycles. The number of hydrogen-bond donors (Lipinski definition) is 2. The molecule has 0 bridgehead atoms. The van der Waals surface area contributed by atoms with Crippen LogP contribution in [0.1, 0.15) is 18.1 Å². The average Bonchev–Trinajstić information content (AvgIpc) is 2.39. The van der Waals surface area contributed by atoms with Crippen molar-refractivity contribution in [2.45, 2.75) is 19.9 Å². The number of nitrogens with zero attached hydrogens (tertiary/aromatic N) is 1. The first-order valence-electron chi connectivity index (χ1n) is 6.39. The molecule has 0 radical (unpaired) electrons. The van der Waals surface area contributed by atoms with E-state index in [1.54, 1.807) is 0 Å². The topological polar surface area (TPSA) is 58.4 Å². The summed E-state index contributed by atoms with van der Waals surface area (Å²) >= 11 is 0. The Kier molecular flexibility index (Phi) is 6.39. The van der Waals surface area contributed by atoms with Crippen LogP contribution in [0, 0.1) is 0 Å². The van der Waals surface area contributed by atoms with E-state index in [9.17, 15) is 4.79 Å². The molecule has 0 unspecified atom stereocenters. The van der Waals surface area contributed by atoms with Crippen LogP contribution in [0.4, 0.5) is 0 Å². The van der Waals surface area contributed by atoms with Crippen LogP contribution in [0.25, 0.3) is 0 Å². The molecule has 4 heteroatoms. The Morgan fingerprint density at radius 2 is 2.00 bits per heavy atom. The minimum absolute atomic E-state index is 0.0559. The summed E-state index contributed by atoms with van der Waals surface area (Å²) in [5.74, 6) is 0.0559. The van der Waals surface area contributed by atoms with Crippen molar-refractivity contribution in [3.05, 3.63) is 35.4 Å². The minimum atomic E-state index is 0.0559. The van der Waals surface area contributed by atoms with Gasteiger partial charge >= 0.3 is 0 Å². The van der Waals surface area contributed by atoms with Gasteiger partial charge in [0.05, 0.1) is 6.42 Å². The van der Waals surface area contributed by atoms with Gasteiger partial charge in [-0.1, -0.05) is 31.2 Å². The highest BCUT2D eigenvalue weighted by Crippen LogP contribution is 2.08. The molecular weight excluding hydrogens is 226 g/mol. The fourth-order valence-electron chi connectivity index (χ4n) is 1.71. The lowest BCUT2D eigenvalue weighted by molar-refractivity contribution is -0.120. The highest BCUT2D eigenvalue weighted by Gasteiger charge is 2.06. The van der Waals surface area contributed by atoms with Crippen molar-refractivity contribution in [1.82, 2.24) is 10.2 Å². The molecule has 1 rings (SSSR count). The summed E-state index contributed by atoms with van der Waals surface area (Å²) in [4.78, 5) is 13.9. The summed E-state index contributed by atoms with van der Waals surface area (Å²) < 4.78 is 0. The van der Waals surface area contributed by atoms with Crippen molar-refractivity contribution >= 4 is 5.91 Å². The van der Waals surface area contributed by atoms with E-state index in [-0.39, 0.29) is 5.91 Å². The van der Waals surface area contributed by atoms with Crippen LogP contribution in [-0.2, 0) is 17.8 Å². The Labute approximate surface area is 109 Å². The Hall–Kier alpha value is -1.39. The normalized spacial score (nSPS) is 10.7. The van der Waals surface area contributed by atoms with Crippen molar-refractivity contribution in [2.24, 2.45) is 5.73 Å². The predicted molar refractivity (Wildman–Crippen MR) is 74.2 cm³/mol. The van der Waals surface area contributed by atoms with Gasteiger partial charge in [-0.15, -0.1) is 0 Å². The van der Waals surface area contributed by atoms with Gasteiger partial charge in [0.25, 0.3) is 0 Å². The molecule has 100 valence electrons. The van der Waals surface area contributed by atoms with Crippen LogP contribution in [0.3, 0.4) is 0 Å². The van der Waals surface area contributed by atoms with Crippen LogP contribution >= 0.6 is 0 Å². The fraction of sp³-hybridized carbons (Fsp3) is 0.500. The molecule has 1 amide bonds. The smallest absolute Gasteiger partial charge is 0.224 e. The molecule has 0 heterocycles. The van der Waals surface area contributed by atoms with E-state index < -0.39 is 0 Å². The summed E-state index contributed by atoms with van der Waals surface area (Å²) in [5, 5.41) is 2.93. The van der Waals surface area contributed by atoms with E-state index in [4.69, 9.17) is 5.73 Å². The number of carbonyl (C=O) groups excluding carboxylic acids is 1. The predicted octanol–water partition coefficient (Wildman–Crippen LogP) is 0.756. The van der Waals surface area contributed by atoms with Crippen molar-refractivity contribution < 1.29 is 4.79 Å². The largest absolute Gasteiger partial charge is 0.355 e. The monoisotopic (exact) mass is 249 g/mol. The first-order chi connectivity index (χ1) is 8.67. The molecule has 0 saturated heterocycles. The van der Waals surface area contributed by atoms with Crippen molar-refractivity contribution in [1.29, 1.82) is 0 Å². The van der Waals surface area contributed by atoms with Crippen molar-refractivity contribution in [2.75, 3.05) is 26.7 Å². The third kappa shape index (κ3) is 4.85. The lowest BCUT2D eigenvalue weighted by atomic mass is 10.0. The molecule has 4 nitrogen and oxygen atoms in total. The van der Waals surface area contributed by atoms with E-state index in [1.807, 2.05) is 31.3 Å². The zero-order valence-electron chi connectivity index (χ0n) is 11.3. The summed E-state index contributed by atoms with van der Waals surface area (Å²) in [6.07, 6.45) is 0.406. The molecule has 1 aromatic rings. The molecule has 1 aromatic carbocycles. The maximum atomic E-state index is 11.8. The minimum Gasteiger partial charge on any atom is -0.355 e. The van der Waals surface area contributed by atoms with Gasteiger partial charge in [-0.3, -0.25) is 4.79 Å². The van der Waals surface area contributed by atoms with Crippen LogP contribution < -0.4 is 11.1 Å². The zero-order chi connectivity index (χ0) is 13.4.